The Morgan fingerprint density at radius 3 is 3.14 bits per heavy atom. The summed E-state index contributed by atoms with van der Waals surface area (Å²) in [5, 5.41) is 13.2. The molecule has 1 aromatic rings. The van der Waals surface area contributed by atoms with Crippen LogP contribution in [0.1, 0.15) is 23.4 Å². The lowest BCUT2D eigenvalue weighted by Gasteiger charge is -2.20. The van der Waals surface area contributed by atoms with Crippen molar-refractivity contribution in [3.8, 4) is 0 Å². The van der Waals surface area contributed by atoms with Crippen LogP contribution >= 0.6 is 11.3 Å². The zero-order valence-electron chi connectivity index (χ0n) is 13.0. The fraction of sp³-hybridized carbons (Fsp3) is 0.800. The Labute approximate surface area is 131 Å². The third kappa shape index (κ3) is 5.64. The number of nitrogens with one attached hydrogen (secondary N) is 1. The maximum atomic E-state index is 9.89. The van der Waals surface area contributed by atoms with Crippen LogP contribution in [0.4, 0.5) is 0 Å². The second-order valence-electron chi connectivity index (χ2n) is 5.77. The highest BCUT2D eigenvalue weighted by atomic mass is 32.1. The number of ether oxygens (including phenoxy) is 1. The van der Waals surface area contributed by atoms with Crippen molar-refractivity contribution in [3.05, 3.63) is 16.1 Å². The molecular formula is C15H27N3O2S. The van der Waals surface area contributed by atoms with E-state index < -0.39 is 6.10 Å². The number of nitrogens with zero attached hydrogens (tertiary/aromatic N) is 2. The number of aromatic nitrogens is 1. The molecule has 0 aliphatic carbocycles. The molecule has 0 amide bonds. The SMILES string of the molecule is Cc1ncsc1CCOCC(O)CNCC1CCCN1C. The van der Waals surface area contributed by atoms with Gasteiger partial charge in [-0.3, -0.25) is 0 Å². The minimum atomic E-state index is -0.431. The maximum Gasteiger partial charge on any atom is 0.0897 e. The molecule has 2 atom stereocenters. The summed E-state index contributed by atoms with van der Waals surface area (Å²) in [6.07, 6.45) is 2.98. The van der Waals surface area contributed by atoms with E-state index in [1.165, 1.54) is 24.3 Å². The summed E-state index contributed by atoms with van der Waals surface area (Å²) >= 11 is 1.67. The molecule has 1 aliphatic heterocycles. The zero-order valence-corrected chi connectivity index (χ0v) is 13.9. The lowest BCUT2D eigenvalue weighted by atomic mass is 10.2. The molecule has 6 heteroatoms. The van der Waals surface area contributed by atoms with E-state index >= 15 is 0 Å². The monoisotopic (exact) mass is 313 g/mol. The van der Waals surface area contributed by atoms with Gasteiger partial charge in [-0.1, -0.05) is 0 Å². The van der Waals surface area contributed by atoms with Crippen molar-refractivity contribution < 1.29 is 9.84 Å². The van der Waals surface area contributed by atoms with Crippen molar-refractivity contribution in [2.45, 2.75) is 38.3 Å². The number of hydrogen-bond acceptors (Lipinski definition) is 6. The molecule has 0 aromatic carbocycles. The number of aliphatic hydroxyl groups excluding tert-OH is 1. The molecule has 1 aromatic heterocycles. The van der Waals surface area contributed by atoms with Crippen LogP contribution in [0.5, 0.6) is 0 Å². The quantitative estimate of drug-likeness (QED) is 0.668. The summed E-state index contributed by atoms with van der Waals surface area (Å²) in [5.41, 5.74) is 2.95. The van der Waals surface area contributed by atoms with Crippen molar-refractivity contribution in [2.24, 2.45) is 0 Å². The van der Waals surface area contributed by atoms with E-state index in [1.54, 1.807) is 11.3 Å². The van der Waals surface area contributed by atoms with Gasteiger partial charge < -0.3 is 20.1 Å². The van der Waals surface area contributed by atoms with Crippen LogP contribution in [0.15, 0.2) is 5.51 Å². The van der Waals surface area contributed by atoms with Crippen molar-refractivity contribution in [1.82, 2.24) is 15.2 Å². The van der Waals surface area contributed by atoms with Crippen molar-refractivity contribution >= 4 is 11.3 Å². The number of likely N-dealkylation sites (tertiary alicyclic amines) is 1. The van der Waals surface area contributed by atoms with Gasteiger partial charge in [-0.15, -0.1) is 11.3 Å². The van der Waals surface area contributed by atoms with E-state index in [0.29, 0.717) is 25.8 Å². The normalized spacial score (nSPS) is 21.0. The summed E-state index contributed by atoms with van der Waals surface area (Å²) in [7, 11) is 2.17. The molecule has 2 rings (SSSR count). The van der Waals surface area contributed by atoms with Crippen LogP contribution in [0.3, 0.4) is 0 Å². The van der Waals surface area contributed by atoms with E-state index in [1.807, 2.05) is 12.4 Å². The average Bonchev–Trinajstić information content (AvgIpc) is 3.04. The fourth-order valence-electron chi connectivity index (χ4n) is 2.66. The first-order chi connectivity index (χ1) is 10.2. The van der Waals surface area contributed by atoms with Crippen molar-refractivity contribution in [2.75, 3.05) is 39.9 Å². The highest BCUT2D eigenvalue weighted by molar-refractivity contribution is 7.09. The topological polar surface area (TPSA) is 57.6 Å². The Balaban J connectivity index is 1.49. The fourth-order valence-corrected chi connectivity index (χ4v) is 3.43. The predicted molar refractivity (Wildman–Crippen MR) is 85.9 cm³/mol. The van der Waals surface area contributed by atoms with E-state index in [9.17, 15) is 5.11 Å². The Bertz CT molecular complexity index is 413. The minimum Gasteiger partial charge on any atom is -0.389 e. The molecular weight excluding hydrogens is 286 g/mol. The summed E-state index contributed by atoms with van der Waals surface area (Å²) in [4.78, 5) is 7.87. The Morgan fingerprint density at radius 2 is 2.48 bits per heavy atom. The van der Waals surface area contributed by atoms with Crippen LogP contribution < -0.4 is 5.32 Å². The summed E-state index contributed by atoms with van der Waals surface area (Å²) in [6.45, 7) is 5.80. The highest BCUT2D eigenvalue weighted by Crippen LogP contribution is 2.13. The number of likely N-dealkylation sites (N-methyl/N-ethyl adjacent to an activating group) is 1. The molecule has 0 saturated carbocycles. The van der Waals surface area contributed by atoms with Gasteiger partial charge in [-0.2, -0.15) is 0 Å². The van der Waals surface area contributed by atoms with E-state index in [2.05, 4.69) is 22.2 Å². The van der Waals surface area contributed by atoms with Crippen LogP contribution in [0.2, 0.25) is 0 Å². The molecule has 1 fully saturated rings. The van der Waals surface area contributed by atoms with Crippen LogP contribution in [0, 0.1) is 6.92 Å². The number of aryl methyl sites for hydroxylation is 1. The Hall–Kier alpha value is -0.530. The molecule has 0 bridgehead atoms. The molecule has 2 heterocycles. The number of thiazole rings is 1. The van der Waals surface area contributed by atoms with Gasteiger partial charge in [-0.05, 0) is 33.4 Å². The largest absolute Gasteiger partial charge is 0.389 e. The van der Waals surface area contributed by atoms with E-state index in [4.69, 9.17) is 4.74 Å². The smallest absolute Gasteiger partial charge is 0.0897 e. The molecule has 2 N–H and O–H groups in total. The zero-order chi connectivity index (χ0) is 15.1. The van der Waals surface area contributed by atoms with Crippen molar-refractivity contribution in [1.29, 1.82) is 0 Å². The van der Waals surface area contributed by atoms with Crippen LogP contribution in [-0.2, 0) is 11.2 Å². The van der Waals surface area contributed by atoms with Gasteiger partial charge in [0, 0.05) is 30.4 Å². The van der Waals surface area contributed by atoms with Gasteiger partial charge in [0.25, 0.3) is 0 Å². The minimum absolute atomic E-state index is 0.394. The molecule has 5 nitrogen and oxygen atoms in total. The number of aliphatic hydroxyl groups is 1. The molecule has 2 unspecified atom stereocenters. The third-order valence-corrected chi connectivity index (χ3v) is 5.05. The first-order valence-electron chi connectivity index (χ1n) is 7.72. The standard InChI is InChI=1S/C15H27N3O2S/c1-12-15(21-11-17-12)5-7-20-10-14(19)9-16-8-13-4-3-6-18(13)2/h11,13-14,16,19H,3-10H2,1-2H3. The number of hydrogen-bond donors (Lipinski definition) is 2. The van der Waals surface area contributed by atoms with Crippen LogP contribution in [0.25, 0.3) is 0 Å². The Morgan fingerprint density at radius 1 is 1.62 bits per heavy atom. The summed E-state index contributed by atoms with van der Waals surface area (Å²) < 4.78 is 5.55. The number of rotatable bonds is 9. The van der Waals surface area contributed by atoms with Gasteiger partial charge in [0.2, 0.25) is 0 Å². The molecule has 1 aliphatic rings. The van der Waals surface area contributed by atoms with Gasteiger partial charge >= 0.3 is 0 Å². The predicted octanol–water partition coefficient (Wildman–Crippen LogP) is 1.06. The van der Waals surface area contributed by atoms with Crippen molar-refractivity contribution in [3.63, 3.8) is 0 Å². The van der Waals surface area contributed by atoms with Gasteiger partial charge in [0.15, 0.2) is 0 Å². The summed E-state index contributed by atoms with van der Waals surface area (Å²) in [6, 6.07) is 0.618. The average molecular weight is 313 g/mol. The Kier molecular flexibility index (Phi) is 7.06. The second kappa shape index (κ2) is 8.80. The lowest BCUT2D eigenvalue weighted by molar-refractivity contribution is 0.0379. The second-order valence-corrected chi connectivity index (χ2v) is 6.71. The molecule has 0 radical (unpaired) electrons. The third-order valence-electron chi connectivity index (χ3n) is 4.06. The summed E-state index contributed by atoms with van der Waals surface area (Å²) in [5.74, 6) is 0. The highest BCUT2D eigenvalue weighted by Gasteiger charge is 2.20. The molecule has 120 valence electrons. The van der Waals surface area contributed by atoms with Gasteiger partial charge in [0.1, 0.15) is 0 Å². The molecule has 0 spiro atoms. The first kappa shape index (κ1) is 16.8. The molecule has 1 saturated heterocycles. The lowest BCUT2D eigenvalue weighted by Crippen LogP contribution is -2.39. The van der Waals surface area contributed by atoms with Gasteiger partial charge in [0.05, 0.1) is 30.5 Å². The van der Waals surface area contributed by atoms with E-state index in [-0.39, 0.29) is 0 Å². The van der Waals surface area contributed by atoms with Gasteiger partial charge in [-0.25, -0.2) is 4.98 Å². The van der Waals surface area contributed by atoms with Crippen LogP contribution in [-0.4, -0.2) is 67.0 Å². The first-order valence-corrected chi connectivity index (χ1v) is 8.60. The maximum absolute atomic E-state index is 9.89. The van der Waals surface area contributed by atoms with E-state index in [0.717, 1.165) is 18.7 Å². The molecule has 21 heavy (non-hydrogen) atoms.